The van der Waals surface area contributed by atoms with Crippen molar-refractivity contribution in [3.63, 3.8) is 0 Å². The average molecular weight is 312 g/mol. The van der Waals surface area contributed by atoms with Crippen molar-refractivity contribution in [2.45, 2.75) is 37.4 Å². The summed E-state index contributed by atoms with van der Waals surface area (Å²) >= 11 is 0. The standard InChI is InChI=1S/C17H20N4O2/c1-18-11-4-2-3-10(7-11)15-9-19-17(23-15)16(22)21-14-8-12-5-6-13(14)20-12/h2-4,7,9,12-14,18,20H,5-6,8H2,1H3,(H,21,22). The molecular weight excluding hydrogens is 292 g/mol. The first kappa shape index (κ1) is 14.3. The van der Waals surface area contributed by atoms with Gasteiger partial charge in [0.15, 0.2) is 5.76 Å². The zero-order valence-electron chi connectivity index (χ0n) is 13.0. The quantitative estimate of drug-likeness (QED) is 0.805. The highest BCUT2D eigenvalue weighted by Crippen LogP contribution is 2.28. The predicted octanol–water partition coefficient (Wildman–Crippen LogP) is 2.01. The lowest BCUT2D eigenvalue weighted by Crippen LogP contribution is -2.43. The summed E-state index contributed by atoms with van der Waals surface area (Å²) in [7, 11) is 1.86. The van der Waals surface area contributed by atoms with E-state index in [2.05, 4.69) is 20.9 Å². The largest absolute Gasteiger partial charge is 0.432 e. The molecule has 23 heavy (non-hydrogen) atoms. The molecule has 4 rings (SSSR count). The van der Waals surface area contributed by atoms with Crippen LogP contribution in [0.25, 0.3) is 11.3 Å². The molecule has 2 aromatic rings. The van der Waals surface area contributed by atoms with Crippen molar-refractivity contribution in [3.05, 3.63) is 36.4 Å². The van der Waals surface area contributed by atoms with Gasteiger partial charge in [-0.25, -0.2) is 4.98 Å². The predicted molar refractivity (Wildman–Crippen MR) is 87.3 cm³/mol. The number of carbonyl (C=O) groups excluding carboxylic acids is 1. The number of nitrogens with zero attached hydrogens (tertiary/aromatic N) is 1. The molecule has 120 valence electrons. The maximum Gasteiger partial charge on any atom is 0.307 e. The van der Waals surface area contributed by atoms with E-state index in [0.717, 1.165) is 24.1 Å². The van der Waals surface area contributed by atoms with E-state index in [1.54, 1.807) is 6.20 Å². The molecule has 0 radical (unpaired) electrons. The van der Waals surface area contributed by atoms with Crippen LogP contribution >= 0.6 is 0 Å². The lowest BCUT2D eigenvalue weighted by Gasteiger charge is -2.20. The van der Waals surface area contributed by atoms with Gasteiger partial charge in [0.25, 0.3) is 5.89 Å². The van der Waals surface area contributed by atoms with E-state index in [-0.39, 0.29) is 17.8 Å². The van der Waals surface area contributed by atoms with Gasteiger partial charge in [0.2, 0.25) is 0 Å². The fourth-order valence-corrected chi connectivity index (χ4v) is 3.55. The van der Waals surface area contributed by atoms with E-state index in [1.807, 2.05) is 31.3 Å². The van der Waals surface area contributed by atoms with Crippen LogP contribution in [-0.2, 0) is 0 Å². The molecule has 3 unspecified atom stereocenters. The molecule has 0 spiro atoms. The Morgan fingerprint density at radius 2 is 2.30 bits per heavy atom. The second kappa shape index (κ2) is 5.70. The number of amides is 1. The maximum atomic E-state index is 12.3. The molecule has 3 atom stereocenters. The fourth-order valence-electron chi connectivity index (χ4n) is 3.55. The smallest absolute Gasteiger partial charge is 0.307 e. The number of nitrogens with one attached hydrogen (secondary N) is 3. The normalized spacial score (nSPS) is 25.5. The minimum Gasteiger partial charge on any atom is -0.432 e. The molecule has 2 fully saturated rings. The Morgan fingerprint density at radius 1 is 1.39 bits per heavy atom. The second-order valence-electron chi connectivity index (χ2n) is 6.22. The van der Waals surface area contributed by atoms with E-state index in [4.69, 9.17) is 4.42 Å². The van der Waals surface area contributed by atoms with Crippen molar-refractivity contribution >= 4 is 11.6 Å². The number of hydrogen-bond donors (Lipinski definition) is 3. The van der Waals surface area contributed by atoms with Crippen molar-refractivity contribution in [1.82, 2.24) is 15.6 Å². The molecule has 6 heteroatoms. The van der Waals surface area contributed by atoms with E-state index in [1.165, 1.54) is 6.42 Å². The van der Waals surface area contributed by atoms with Gasteiger partial charge in [0.05, 0.1) is 6.20 Å². The van der Waals surface area contributed by atoms with Crippen LogP contribution in [0.3, 0.4) is 0 Å². The summed E-state index contributed by atoms with van der Waals surface area (Å²) in [5.74, 6) is 0.483. The van der Waals surface area contributed by atoms with Crippen molar-refractivity contribution < 1.29 is 9.21 Å². The Hall–Kier alpha value is -2.34. The van der Waals surface area contributed by atoms with Gasteiger partial charge in [-0.2, -0.15) is 0 Å². The molecular formula is C17H20N4O2. The Morgan fingerprint density at radius 3 is 3.04 bits per heavy atom. The first-order chi connectivity index (χ1) is 11.2. The van der Waals surface area contributed by atoms with Gasteiger partial charge >= 0.3 is 5.91 Å². The van der Waals surface area contributed by atoms with Crippen molar-refractivity contribution in [2.75, 3.05) is 12.4 Å². The number of oxazole rings is 1. The third-order valence-corrected chi connectivity index (χ3v) is 4.75. The van der Waals surface area contributed by atoms with Crippen molar-refractivity contribution in [2.24, 2.45) is 0 Å². The van der Waals surface area contributed by atoms with Crippen LogP contribution in [0.15, 0.2) is 34.9 Å². The Kier molecular flexibility index (Phi) is 3.53. The third-order valence-electron chi connectivity index (χ3n) is 4.75. The van der Waals surface area contributed by atoms with Crippen LogP contribution in [0, 0.1) is 0 Å². The lowest BCUT2D eigenvalue weighted by atomic mass is 9.95. The number of anilines is 1. The second-order valence-corrected chi connectivity index (χ2v) is 6.22. The molecule has 2 saturated heterocycles. The van der Waals surface area contributed by atoms with E-state index in [9.17, 15) is 4.79 Å². The Labute approximate surface area is 134 Å². The summed E-state index contributed by atoms with van der Waals surface area (Å²) < 4.78 is 5.65. The number of carbonyl (C=O) groups is 1. The topological polar surface area (TPSA) is 79.2 Å². The first-order valence-electron chi connectivity index (χ1n) is 8.04. The number of aromatic nitrogens is 1. The number of rotatable bonds is 4. The van der Waals surface area contributed by atoms with Crippen LogP contribution in [0.4, 0.5) is 5.69 Å². The zero-order valence-corrected chi connectivity index (χ0v) is 13.0. The van der Waals surface area contributed by atoms with Crippen LogP contribution in [0.1, 0.15) is 29.9 Å². The van der Waals surface area contributed by atoms with Gasteiger partial charge < -0.3 is 20.4 Å². The first-order valence-corrected chi connectivity index (χ1v) is 8.04. The van der Waals surface area contributed by atoms with Crippen LogP contribution in [0.5, 0.6) is 0 Å². The molecule has 3 N–H and O–H groups in total. The van der Waals surface area contributed by atoms with Crippen molar-refractivity contribution in [3.8, 4) is 11.3 Å². The monoisotopic (exact) mass is 312 g/mol. The lowest BCUT2D eigenvalue weighted by molar-refractivity contribution is 0.0896. The summed E-state index contributed by atoms with van der Waals surface area (Å²) in [4.78, 5) is 16.5. The maximum absolute atomic E-state index is 12.3. The van der Waals surface area contributed by atoms with Crippen molar-refractivity contribution in [1.29, 1.82) is 0 Å². The third kappa shape index (κ3) is 2.70. The molecule has 1 amide bonds. The highest BCUT2D eigenvalue weighted by Gasteiger charge is 2.40. The van der Waals surface area contributed by atoms with Gasteiger partial charge in [-0.3, -0.25) is 4.79 Å². The molecule has 3 heterocycles. The molecule has 0 saturated carbocycles. The molecule has 1 aromatic heterocycles. The number of hydrogen-bond acceptors (Lipinski definition) is 5. The molecule has 6 nitrogen and oxygen atoms in total. The van der Waals surface area contributed by atoms with Crippen LogP contribution in [-0.4, -0.2) is 36.1 Å². The van der Waals surface area contributed by atoms with Crippen LogP contribution in [0.2, 0.25) is 0 Å². The highest BCUT2D eigenvalue weighted by molar-refractivity contribution is 5.90. The average Bonchev–Trinajstić information content (AvgIpc) is 3.31. The van der Waals surface area contributed by atoms with Crippen LogP contribution < -0.4 is 16.0 Å². The van der Waals surface area contributed by atoms with Gasteiger partial charge in [0.1, 0.15) is 0 Å². The van der Waals surface area contributed by atoms with Gasteiger partial charge in [-0.05, 0) is 31.4 Å². The summed E-state index contributed by atoms with van der Waals surface area (Å²) in [6, 6.07) is 8.93. The Balaban J connectivity index is 1.47. The van der Waals surface area contributed by atoms with Gasteiger partial charge in [0, 0.05) is 36.4 Å². The summed E-state index contributed by atoms with van der Waals surface area (Å²) in [5, 5.41) is 9.63. The van der Waals surface area contributed by atoms with Gasteiger partial charge in [-0.15, -0.1) is 0 Å². The summed E-state index contributed by atoms with van der Waals surface area (Å²) in [5.41, 5.74) is 1.88. The molecule has 1 aromatic carbocycles. The van der Waals surface area contributed by atoms with E-state index >= 15 is 0 Å². The molecule has 2 aliphatic heterocycles. The SMILES string of the molecule is CNc1cccc(-c2cnc(C(=O)NC3CC4CCC3N4)o2)c1. The fraction of sp³-hybridized carbons (Fsp3) is 0.412. The zero-order chi connectivity index (χ0) is 15.8. The highest BCUT2D eigenvalue weighted by atomic mass is 16.4. The van der Waals surface area contributed by atoms with Gasteiger partial charge in [-0.1, -0.05) is 12.1 Å². The number of fused-ring (bicyclic) bond motifs is 2. The number of benzene rings is 1. The molecule has 2 aliphatic rings. The summed E-state index contributed by atoms with van der Waals surface area (Å²) in [6.45, 7) is 0. The van der Waals surface area contributed by atoms with E-state index in [0.29, 0.717) is 17.8 Å². The summed E-state index contributed by atoms with van der Waals surface area (Å²) in [6.07, 6.45) is 4.93. The molecule has 2 bridgehead atoms. The van der Waals surface area contributed by atoms with E-state index < -0.39 is 0 Å². The minimum atomic E-state index is -0.236. The molecule has 0 aliphatic carbocycles. The minimum absolute atomic E-state index is 0.123. The Bertz CT molecular complexity index is 727.